The Balaban J connectivity index is 1.44. The molecule has 1 amide bonds. The molecule has 0 bridgehead atoms. The fourth-order valence-corrected chi connectivity index (χ4v) is 3.58. The largest absolute Gasteiger partial charge is 0.497 e. The van der Waals surface area contributed by atoms with E-state index in [0.717, 1.165) is 17.0 Å². The fourth-order valence-electron chi connectivity index (χ4n) is 3.58. The van der Waals surface area contributed by atoms with E-state index in [2.05, 4.69) is 4.98 Å². The first-order valence-electron chi connectivity index (χ1n) is 9.04. The van der Waals surface area contributed by atoms with Crippen molar-refractivity contribution < 1.29 is 19.1 Å². The van der Waals surface area contributed by atoms with Gasteiger partial charge in [0.25, 0.3) is 5.91 Å². The van der Waals surface area contributed by atoms with E-state index in [4.69, 9.17) is 9.15 Å². The van der Waals surface area contributed by atoms with Crippen LogP contribution in [0.5, 0.6) is 5.75 Å². The molecule has 27 heavy (non-hydrogen) atoms. The van der Waals surface area contributed by atoms with Crippen molar-refractivity contribution in [2.24, 2.45) is 0 Å². The highest BCUT2D eigenvalue weighted by Gasteiger charge is 2.35. The van der Waals surface area contributed by atoms with Crippen LogP contribution in [0, 0.1) is 6.92 Å². The minimum absolute atomic E-state index is 0.147. The number of carbonyl (C=O) groups excluding carboxylic acids is 1. The molecule has 1 aliphatic heterocycles. The van der Waals surface area contributed by atoms with Crippen LogP contribution >= 0.6 is 0 Å². The first kappa shape index (κ1) is 17.6. The van der Waals surface area contributed by atoms with Crippen molar-refractivity contribution in [2.75, 3.05) is 20.2 Å². The van der Waals surface area contributed by atoms with E-state index in [-0.39, 0.29) is 5.91 Å². The maximum atomic E-state index is 12.8. The van der Waals surface area contributed by atoms with Gasteiger partial charge in [0.1, 0.15) is 17.2 Å². The van der Waals surface area contributed by atoms with Gasteiger partial charge in [-0.1, -0.05) is 0 Å². The molecule has 0 spiro atoms. The molecule has 0 unspecified atom stereocenters. The molecule has 142 valence electrons. The number of piperidine rings is 1. The van der Waals surface area contributed by atoms with Gasteiger partial charge < -0.3 is 23.7 Å². The topological polar surface area (TPSA) is 80.7 Å². The Kier molecular flexibility index (Phi) is 4.39. The number of hydrogen-bond donors (Lipinski definition) is 1. The zero-order chi connectivity index (χ0) is 19.0. The Morgan fingerprint density at radius 2 is 2.11 bits per heavy atom. The number of rotatable bonds is 4. The predicted octanol–water partition coefficient (Wildman–Crippen LogP) is 2.61. The van der Waals surface area contributed by atoms with E-state index in [1.165, 1.54) is 0 Å². The first-order chi connectivity index (χ1) is 13.0. The van der Waals surface area contributed by atoms with Gasteiger partial charge in [0.2, 0.25) is 0 Å². The van der Waals surface area contributed by atoms with Crippen LogP contribution in [-0.4, -0.2) is 51.3 Å². The summed E-state index contributed by atoms with van der Waals surface area (Å²) in [5.74, 6) is 1.76. The van der Waals surface area contributed by atoms with Crippen molar-refractivity contribution >= 4 is 16.9 Å². The van der Waals surface area contributed by atoms with Crippen LogP contribution in [0.1, 0.15) is 29.2 Å². The lowest BCUT2D eigenvalue weighted by Crippen LogP contribution is -2.48. The monoisotopic (exact) mass is 369 g/mol. The van der Waals surface area contributed by atoms with Crippen LogP contribution < -0.4 is 4.74 Å². The molecular formula is C20H23N3O4. The smallest absolute Gasteiger partial charge is 0.289 e. The summed E-state index contributed by atoms with van der Waals surface area (Å²) in [5, 5.41) is 11.7. The molecule has 1 aromatic carbocycles. The van der Waals surface area contributed by atoms with Gasteiger partial charge in [0.05, 0.1) is 19.3 Å². The van der Waals surface area contributed by atoms with Gasteiger partial charge in [-0.2, -0.15) is 0 Å². The van der Waals surface area contributed by atoms with Crippen LogP contribution in [-0.2, 0) is 6.54 Å². The van der Waals surface area contributed by atoms with Gasteiger partial charge in [-0.25, -0.2) is 4.98 Å². The number of nitrogens with zero attached hydrogens (tertiary/aromatic N) is 3. The molecule has 3 heterocycles. The number of furan rings is 1. The Bertz CT molecular complexity index is 967. The number of hydrogen-bond acceptors (Lipinski definition) is 5. The van der Waals surface area contributed by atoms with Crippen molar-refractivity contribution in [3.05, 3.63) is 48.2 Å². The molecule has 3 aromatic rings. The van der Waals surface area contributed by atoms with Gasteiger partial charge in [0, 0.05) is 30.9 Å². The SMILES string of the molecule is COc1ccc2oc(C(=O)N3CCC(O)(Cn4ccnc4C)CC3)cc2c1. The zero-order valence-electron chi connectivity index (χ0n) is 15.5. The van der Waals surface area contributed by atoms with Gasteiger partial charge in [0.15, 0.2) is 5.76 Å². The number of fused-ring (bicyclic) bond motifs is 1. The summed E-state index contributed by atoms with van der Waals surface area (Å²) < 4.78 is 12.9. The van der Waals surface area contributed by atoms with E-state index >= 15 is 0 Å². The van der Waals surface area contributed by atoms with E-state index in [1.807, 2.05) is 23.8 Å². The number of amides is 1. The number of benzene rings is 1. The molecule has 0 radical (unpaired) electrons. The third-order valence-electron chi connectivity index (χ3n) is 5.30. The molecule has 7 nitrogen and oxygen atoms in total. The van der Waals surface area contributed by atoms with Crippen LogP contribution in [0.3, 0.4) is 0 Å². The normalized spacial score (nSPS) is 16.6. The van der Waals surface area contributed by atoms with E-state index in [0.29, 0.717) is 43.8 Å². The highest BCUT2D eigenvalue weighted by molar-refractivity contribution is 5.96. The van der Waals surface area contributed by atoms with Gasteiger partial charge in [-0.15, -0.1) is 0 Å². The molecule has 1 aliphatic rings. The standard InChI is InChI=1S/C20H23N3O4/c1-14-21-7-10-23(14)13-20(25)5-8-22(9-6-20)19(24)18-12-15-11-16(26-2)3-4-17(15)27-18/h3-4,7,10-12,25H,5-6,8-9,13H2,1-2H3. The van der Waals surface area contributed by atoms with Crippen molar-refractivity contribution in [1.29, 1.82) is 0 Å². The summed E-state index contributed by atoms with van der Waals surface area (Å²) >= 11 is 0. The van der Waals surface area contributed by atoms with Crippen LogP contribution in [0.25, 0.3) is 11.0 Å². The van der Waals surface area contributed by atoms with Crippen molar-refractivity contribution in [3.63, 3.8) is 0 Å². The van der Waals surface area contributed by atoms with E-state index in [1.54, 1.807) is 36.4 Å². The molecule has 4 rings (SSSR count). The predicted molar refractivity (Wildman–Crippen MR) is 99.8 cm³/mol. The molecule has 1 saturated heterocycles. The Labute approximate surface area is 157 Å². The van der Waals surface area contributed by atoms with Crippen molar-refractivity contribution in [3.8, 4) is 5.75 Å². The highest BCUT2D eigenvalue weighted by Crippen LogP contribution is 2.28. The number of likely N-dealkylation sites (tertiary alicyclic amines) is 1. The lowest BCUT2D eigenvalue weighted by molar-refractivity contribution is -0.0300. The minimum atomic E-state index is -0.830. The van der Waals surface area contributed by atoms with Crippen molar-refractivity contribution in [1.82, 2.24) is 14.5 Å². The van der Waals surface area contributed by atoms with Gasteiger partial charge >= 0.3 is 0 Å². The summed E-state index contributed by atoms with van der Waals surface area (Å²) in [6.45, 7) is 3.39. The number of aryl methyl sites for hydroxylation is 1. The molecule has 1 N–H and O–H groups in total. The quantitative estimate of drug-likeness (QED) is 0.765. The van der Waals surface area contributed by atoms with Crippen molar-refractivity contribution in [2.45, 2.75) is 31.9 Å². The van der Waals surface area contributed by atoms with Crippen LogP contribution in [0.2, 0.25) is 0 Å². The second-order valence-electron chi connectivity index (χ2n) is 7.13. The number of aliphatic hydroxyl groups is 1. The average Bonchev–Trinajstić information content (AvgIpc) is 3.27. The lowest BCUT2D eigenvalue weighted by atomic mass is 9.91. The van der Waals surface area contributed by atoms with Gasteiger partial charge in [-0.3, -0.25) is 4.79 Å². The maximum Gasteiger partial charge on any atom is 0.289 e. The summed E-state index contributed by atoms with van der Waals surface area (Å²) in [6, 6.07) is 7.19. The van der Waals surface area contributed by atoms with Gasteiger partial charge in [-0.05, 0) is 44.0 Å². The number of aromatic nitrogens is 2. The molecule has 0 aliphatic carbocycles. The Morgan fingerprint density at radius 3 is 2.78 bits per heavy atom. The number of methoxy groups -OCH3 is 1. The second-order valence-corrected chi connectivity index (χ2v) is 7.13. The molecular weight excluding hydrogens is 346 g/mol. The summed E-state index contributed by atoms with van der Waals surface area (Å²) in [5.41, 5.74) is -0.174. The number of ether oxygens (including phenoxy) is 1. The molecule has 7 heteroatoms. The third kappa shape index (κ3) is 3.42. The Hall–Kier alpha value is -2.80. The zero-order valence-corrected chi connectivity index (χ0v) is 15.5. The molecule has 2 aromatic heterocycles. The molecule has 1 fully saturated rings. The van der Waals surface area contributed by atoms with Crippen LogP contribution in [0.15, 0.2) is 41.1 Å². The second kappa shape index (κ2) is 6.74. The summed E-state index contributed by atoms with van der Waals surface area (Å²) in [7, 11) is 1.60. The molecule has 0 saturated carbocycles. The minimum Gasteiger partial charge on any atom is -0.497 e. The highest BCUT2D eigenvalue weighted by atomic mass is 16.5. The number of imidazole rings is 1. The summed E-state index contributed by atoms with van der Waals surface area (Å²) in [6.07, 6.45) is 4.64. The van der Waals surface area contributed by atoms with E-state index < -0.39 is 5.60 Å². The van der Waals surface area contributed by atoms with E-state index in [9.17, 15) is 9.90 Å². The number of carbonyl (C=O) groups is 1. The first-order valence-corrected chi connectivity index (χ1v) is 9.04. The Morgan fingerprint density at radius 1 is 1.33 bits per heavy atom. The fraction of sp³-hybridized carbons (Fsp3) is 0.400. The average molecular weight is 369 g/mol. The maximum absolute atomic E-state index is 12.8. The molecule has 0 atom stereocenters. The lowest BCUT2D eigenvalue weighted by Gasteiger charge is -2.38. The van der Waals surface area contributed by atoms with Crippen LogP contribution in [0.4, 0.5) is 0 Å². The summed E-state index contributed by atoms with van der Waals surface area (Å²) in [4.78, 5) is 18.7. The third-order valence-corrected chi connectivity index (χ3v) is 5.30.